The van der Waals surface area contributed by atoms with E-state index in [9.17, 15) is 13.2 Å². The van der Waals surface area contributed by atoms with Gasteiger partial charge in [0, 0.05) is 17.4 Å². The minimum Gasteiger partial charge on any atom is -0.299 e. The maximum Gasteiger partial charge on any atom is 0.238 e. The van der Waals surface area contributed by atoms with Gasteiger partial charge in [-0.05, 0) is 46.7 Å². The maximum atomic E-state index is 12.8. The molecule has 1 aliphatic carbocycles. The Morgan fingerprint density at radius 1 is 1.16 bits per heavy atom. The predicted molar refractivity (Wildman–Crippen MR) is 98.0 cm³/mol. The zero-order valence-electron chi connectivity index (χ0n) is 14.1. The van der Waals surface area contributed by atoms with Crippen molar-refractivity contribution in [3.05, 3.63) is 64.7 Å². The fourth-order valence-electron chi connectivity index (χ4n) is 3.68. The fraction of sp³-hybridized carbons (Fsp3) is 0.316. The first-order valence-corrected chi connectivity index (χ1v) is 9.93. The zero-order valence-corrected chi connectivity index (χ0v) is 15.6. The third-order valence-electron chi connectivity index (χ3n) is 5.01. The summed E-state index contributed by atoms with van der Waals surface area (Å²) in [4.78, 5) is 12.8. The summed E-state index contributed by atoms with van der Waals surface area (Å²) in [5.74, 6) is 0.160. The number of hydrogen-bond acceptors (Lipinski definition) is 3. The Balaban J connectivity index is 1.78. The summed E-state index contributed by atoms with van der Waals surface area (Å²) >= 11 is 5.99. The molecule has 0 heterocycles. The summed E-state index contributed by atoms with van der Waals surface area (Å²) in [5, 5.41) is 5.75. The summed E-state index contributed by atoms with van der Waals surface area (Å²) in [6, 6.07) is 13.8. The van der Waals surface area contributed by atoms with Gasteiger partial charge < -0.3 is 0 Å². The Hall–Kier alpha value is -1.69. The predicted octanol–water partition coefficient (Wildman–Crippen LogP) is 3.54. The molecule has 6 heteroatoms. The number of hydrogen-bond donors (Lipinski definition) is 1. The highest BCUT2D eigenvalue weighted by atomic mass is 35.5. The molecule has 1 aliphatic rings. The van der Waals surface area contributed by atoms with E-state index >= 15 is 0 Å². The van der Waals surface area contributed by atoms with E-state index in [4.69, 9.17) is 16.7 Å². The Morgan fingerprint density at radius 2 is 1.80 bits per heavy atom. The summed E-state index contributed by atoms with van der Waals surface area (Å²) in [5.41, 5.74) is 1.71. The van der Waals surface area contributed by atoms with Gasteiger partial charge in [0.25, 0.3) is 0 Å². The minimum absolute atomic E-state index is 0.0775. The van der Waals surface area contributed by atoms with Gasteiger partial charge in [0.1, 0.15) is 5.78 Å². The van der Waals surface area contributed by atoms with Gasteiger partial charge >= 0.3 is 0 Å². The Kier molecular flexibility index (Phi) is 4.52. The molecular weight excluding hydrogens is 358 g/mol. The van der Waals surface area contributed by atoms with Crippen LogP contribution in [0.2, 0.25) is 5.02 Å². The van der Waals surface area contributed by atoms with E-state index in [-0.39, 0.29) is 27.9 Å². The maximum absolute atomic E-state index is 12.8. The number of sulfonamides is 1. The number of ketones is 1. The SMILES string of the molecule is CC1(C)[C@H](C(=O)Cc2cccc(Cl)c2)[C@H]1c1ccc(S(N)(=O)=O)cc1. The lowest BCUT2D eigenvalue weighted by molar-refractivity contribution is -0.120. The van der Waals surface area contributed by atoms with Crippen LogP contribution < -0.4 is 5.14 Å². The topological polar surface area (TPSA) is 77.2 Å². The standard InChI is InChI=1S/C19H20ClNO3S/c1-19(2)17(13-6-8-15(9-7-13)25(21,23)24)18(19)16(22)11-12-4-3-5-14(20)10-12/h3-10,17-18H,11H2,1-2H3,(H2,21,23,24)/t17-,18-/m1/s1. The van der Waals surface area contributed by atoms with Gasteiger partial charge in [-0.15, -0.1) is 0 Å². The van der Waals surface area contributed by atoms with Gasteiger partial charge in [0.05, 0.1) is 4.90 Å². The highest BCUT2D eigenvalue weighted by molar-refractivity contribution is 7.89. The van der Waals surface area contributed by atoms with Gasteiger partial charge in [0.2, 0.25) is 10.0 Å². The van der Waals surface area contributed by atoms with Crippen LogP contribution in [0.5, 0.6) is 0 Å². The first kappa shape index (κ1) is 18.1. The second kappa shape index (κ2) is 6.24. The molecule has 1 saturated carbocycles. The van der Waals surface area contributed by atoms with Crippen LogP contribution >= 0.6 is 11.6 Å². The molecule has 0 spiro atoms. The van der Waals surface area contributed by atoms with Crippen molar-refractivity contribution >= 4 is 27.4 Å². The number of nitrogens with two attached hydrogens (primary N) is 1. The average molecular weight is 378 g/mol. The average Bonchev–Trinajstić information content (AvgIpc) is 3.09. The number of Topliss-reactive ketones (excluding diaryl/α,β-unsaturated/α-hetero) is 1. The number of carbonyl (C=O) groups excluding carboxylic acids is 1. The van der Waals surface area contributed by atoms with Crippen molar-refractivity contribution in [3.63, 3.8) is 0 Å². The molecule has 0 aromatic heterocycles. The Labute approximate surface area is 153 Å². The van der Waals surface area contributed by atoms with E-state index < -0.39 is 10.0 Å². The highest BCUT2D eigenvalue weighted by Gasteiger charge is 2.61. The van der Waals surface area contributed by atoms with Crippen LogP contribution in [0.3, 0.4) is 0 Å². The smallest absolute Gasteiger partial charge is 0.238 e. The third kappa shape index (κ3) is 3.64. The lowest BCUT2D eigenvalue weighted by Gasteiger charge is -2.04. The van der Waals surface area contributed by atoms with E-state index in [0.717, 1.165) is 11.1 Å². The molecule has 2 atom stereocenters. The molecular formula is C19H20ClNO3S. The molecule has 0 aliphatic heterocycles. The quantitative estimate of drug-likeness (QED) is 0.865. The van der Waals surface area contributed by atoms with Crippen molar-refractivity contribution in [1.29, 1.82) is 0 Å². The normalized spacial score (nSPS) is 21.8. The molecule has 0 bridgehead atoms. The molecule has 3 rings (SSSR count). The first-order chi connectivity index (χ1) is 11.6. The van der Waals surface area contributed by atoms with Crippen LogP contribution in [0.25, 0.3) is 0 Å². The van der Waals surface area contributed by atoms with Crippen molar-refractivity contribution in [2.45, 2.75) is 31.1 Å². The van der Waals surface area contributed by atoms with Gasteiger partial charge in [-0.1, -0.05) is 49.7 Å². The molecule has 4 nitrogen and oxygen atoms in total. The zero-order chi connectivity index (χ0) is 18.4. The van der Waals surface area contributed by atoms with E-state index in [1.165, 1.54) is 12.1 Å². The largest absolute Gasteiger partial charge is 0.299 e. The lowest BCUT2D eigenvalue weighted by atomic mass is 10.0. The van der Waals surface area contributed by atoms with Crippen molar-refractivity contribution in [1.82, 2.24) is 0 Å². The molecule has 25 heavy (non-hydrogen) atoms. The van der Waals surface area contributed by atoms with Gasteiger partial charge in [-0.2, -0.15) is 0 Å². The summed E-state index contributed by atoms with van der Waals surface area (Å²) in [6.45, 7) is 4.12. The molecule has 132 valence electrons. The van der Waals surface area contributed by atoms with Crippen molar-refractivity contribution in [2.24, 2.45) is 16.5 Å². The molecule has 2 aromatic rings. The van der Waals surface area contributed by atoms with Crippen LogP contribution in [0.1, 0.15) is 30.9 Å². The Morgan fingerprint density at radius 3 is 2.36 bits per heavy atom. The van der Waals surface area contributed by atoms with Crippen LogP contribution in [-0.4, -0.2) is 14.2 Å². The molecule has 2 N–H and O–H groups in total. The third-order valence-corrected chi connectivity index (χ3v) is 6.17. The van der Waals surface area contributed by atoms with E-state index in [1.54, 1.807) is 18.2 Å². The number of primary sulfonamides is 1. The van der Waals surface area contributed by atoms with Gasteiger partial charge in [-0.3, -0.25) is 4.79 Å². The second-order valence-electron chi connectivity index (χ2n) is 7.16. The highest BCUT2D eigenvalue weighted by Crippen LogP contribution is 2.64. The minimum atomic E-state index is -3.71. The molecule has 0 radical (unpaired) electrons. The lowest BCUT2D eigenvalue weighted by Crippen LogP contribution is -2.12. The number of halogens is 1. The van der Waals surface area contributed by atoms with Crippen LogP contribution in [0.15, 0.2) is 53.4 Å². The Bertz CT molecular complexity index is 920. The van der Waals surface area contributed by atoms with Crippen LogP contribution in [0.4, 0.5) is 0 Å². The van der Waals surface area contributed by atoms with Crippen molar-refractivity contribution in [3.8, 4) is 0 Å². The number of benzene rings is 2. The van der Waals surface area contributed by atoms with Gasteiger partial charge in [-0.25, -0.2) is 13.6 Å². The van der Waals surface area contributed by atoms with Gasteiger partial charge in [0.15, 0.2) is 0 Å². The summed E-state index contributed by atoms with van der Waals surface area (Å²) < 4.78 is 22.7. The number of rotatable bonds is 5. The van der Waals surface area contributed by atoms with Crippen molar-refractivity contribution < 1.29 is 13.2 Å². The molecule has 0 saturated heterocycles. The first-order valence-electron chi connectivity index (χ1n) is 8.00. The van der Waals surface area contributed by atoms with Crippen molar-refractivity contribution in [2.75, 3.05) is 0 Å². The molecule has 1 fully saturated rings. The van der Waals surface area contributed by atoms with Crippen LogP contribution in [-0.2, 0) is 21.2 Å². The summed E-state index contributed by atoms with van der Waals surface area (Å²) in [7, 11) is -3.71. The fourth-order valence-corrected chi connectivity index (χ4v) is 4.41. The second-order valence-corrected chi connectivity index (χ2v) is 9.16. The van der Waals surface area contributed by atoms with E-state index in [1.807, 2.05) is 18.2 Å². The molecule has 2 aromatic carbocycles. The molecule has 0 amide bonds. The van der Waals surface area contributed by atoms with E-state index in [2.05, 4.69) is 13.8 Å². The van der Waals surface area contributed by atoms with Crippen LogP contribution in [0, 0.1) is 11.3 Å². The monoisotopic (exact) mass is 377 g/mol. The number of carbonyl (C=O) groups is 1. The molecule has 0 unspecified atom stereocenters. The van der Waals surface area contributed by atoms with E-state index in [0.29, 0.717) is 11.4 Å². The summed E-state index contributed by atoms with van der Waals surface area (Å²) in [6.07, 6.45) is 0.348.